The van der Waals surface area contributed by atoms with E-state index in [0.29, 0.717) is 24.1 Å². The van der Waals surface area contributed by atoms with Crippen LogP contribution in [0.15, 0.2) is 12.3 Å². The Kier molecular flexibility index (Phi) is 4.78. The maximum absolute atomic E-state index is 5.43. The number of pyridine rings is 1. The molecule has 18 heavy (non-hydrogen) atoms. The molecule has 2 heterocycles. The van der Waals surface area contributed by atoms with Gasteiger partial charge in [-0.05, 0) is 12.8 Å². The van der Waals surface area contributed by atoms with Gasteiger partial charge < -0.3 is 19.5 Å². The minimum absolute atomic E-state index is 0.399. The van der Waals surface area contributed by atoms with Crippen molar-refractivity contribution in [1.82, 2.24) is 10.3 Å². The lowest BCUT2D eigenvalue weighted by molar-refractivity contribution is 0.0697. The lowest BCUT2D eigenvalue weighted by atomic mass is 10.1. The Morgan fingerprint density at radius 1 is 1.44 bits per heavy atom. The van der Waals surface area contributed by atoms with Crippen molar-refractivity contribution in [3.05, 3.63) is 18.0 Å². The van der Waals surface area contributed by atoms with Crippen molar-refractivity contribution in [2.45, 2.75) is 25.4 Å². The molecule has 1 aliphatic heterocycles. The molecule has 0 amide bonds. The number of hydrogen-bond acceptors (Lipinski definition) is 5. The molecule has 1 unspecified atom stereocenters. The smallest absolute Gasteiger partial charge is 0.183 e. The van der Waals surface area contributed by atoms with Crippen molar-refractivity contribution >= 4 is 0 Å². The predicted octanol–water partition coefficient (Wildman–Crippen LogP) is 1.37. The second kappa shape index (κ2) is 6.56. The largest absolute Gasteiger partial charge is 0.493 e. The van der Waals surface area contributed by atoms with Gasteiger partial charge in [0.2, 0.25) is 0 Å². The molecule has 0 radical (unpaired) electrons. The molecule has 1 saturated heterocycles. The molecule has 0 spiro atoms. The third-order valence-corrected chi connectivity index (χ3v) is 3.08. The highest BCUT2D eigenvalue weighted by molar-refractivity contribution is 5.42. The molecule has 5 nitrogen and oxygen atoms in total. The van der Waals surface area contributed by atoms with Gasteiger partial charge in [0.05, 0.1) is 26.5 Å². The van der Waals surface area contributed by atoms with Crippen molar-refractivity contribution in [3.63, 3.8) is 0 Å². The van der Waals surface area contributed by atoms with Gasteiger partial charge in [-0.25, -0.2) is 0 Å². The molecule has 2 rings (SSSR count). The van der Waals surface area contributed by atoms with Gasteiger partial charge in [0, 0.05) is 31.5 Å². The fourth-order valence-corrected chi connectivity index (χ4v) is 2.12. The zero-order valence-electron chi connectivity index (χ0n) is 10.9. The molecule has 1 aromatic heterocycles. The molecule has 5 heteroatoms. The first-order chi connectivity index (χ1) is 8.85. The third kappa shape index (κ3) is 3.11. The van der Waals surface area contributed by atoms with E-state index in [0.717, 1.165) is 31.7 Å². The summed E-state index contributed by atoms with van der Waals surface area (Å²) in [6, 6.07) is 2.20. The quantitative estimate of drug-likeness (QED) is 0.857. The molecule has 1 fully saturated rings. The SMILES string of the molecule is COc1ccnc(CNC2CCCOC2)c1OC. The minimum atomic E-state index is 0.399. The van der Waals surface area contributed by atoms with Crippen LogP contribution in [0.4, 0.5) is 0 Å². The predicted molar refractivity (Wildman–Crippen MR) is 68.0 cm³/mol. The molecule has 0 saturated carbocycles. The van der Waals surface area contributed by atoms with Crippen LogP contribution in [0.2, 0.25) is 0 Å². The summed E-state index contributed by atoms with van der Waals surface area (Å²) in [5, 5.41) is 3.44. The normalized spacial score (nSPS) is 19.6. The van der Waals surface area contributed by atoms with E-state index < -0.39 is 0 Å². The maximum Gasteiger partial charge on any atom is 0.183 e. The van der Waals surface area contributed by atoms with E-state index in [2.05, 4.69) is 10.3 Å². The van der Waals surface area contributed by atoms with E-state index in [1.165, 1.54) is 0 Å². The Bertz CT molecular complexity index is 378. The monoisotopic (exact) mass is 252 g/mol. The van der Waals surface area contributed by atoms with E-state index in [1.54, 1.807) is 26.5 Å². The van der Waals surface area contributed by atoms with Crippen molar-refractivity contribution in [2.24, 2.45) is 0 Å². The summed E-state index contributed by atoms with van der Waals surface area (Å²) in [4.78, 5) is 4.33. The van der Waals surface area contributed by atoms with E-state index in [-0.39, 0.29) is 0 Å². The van der Waals surface area contributed by atoms with Crippen LogP contribution in [0, 0.1) is 0 Å². The molecule has 0 aliphatic carbocycles. The van der Waals surface area contributed by atoms with Gasteiger partial charge in [0.15, 0.2) is 11.5 Å². The van der Waals surface area contributed by atoms with Crippen LogP contribution >= 0.6 is 0 Å². The standard InChI is InChI=1S/C13H20N2O3/c1-16-12-5-6-14-11(13(12)17-2)8-15-10-4-3-7-18-9-10/h5-6,10,15H,3-4,7-9H2,1-2H3. The zero-order chi connectivity index (χ0) is 12.8. The van der Waals surface area contributed by atoms with Crippen LogP contribution in [-0.4, -0.2) is 38.5 Å². The minimum Gasteiger partial charge on any atom is -0.493 e. The summed E-state index contributed by atoms with van der Waals surface area (Å²) in [6.45, 7) is 2.31. The second-order valence-corrected chi connectivity index (χ2v) is 4.29. The second-order valence-electron chi connectivity index (χ2n) is 4.29. The van der Waals surface area contributed by atoms with Crippen LogP contribution in [-0.2, 0) is 11.3 Å². The van der Waals surface area contributed by atoms with Gasteiger partial charge in [-0.2, -0.15) is 0 Å². The third-order valence-electron chi connectivity index (χ3n) is 3.08. The van der Waals surface area contributed by atoms with E-state index in [9.17, 15) is 0 Å². The number of ether oxygens (including phenoxy) is 3. The van der Waals surface area contributed by atoms with E-state index >= 15 is 0 Å². The molecule has 0 aromatic carbocycles. The summed E-state index contributed by atoms with van der Waals surface area (Å²) in [6.07, 6.45) is 3.99. The average Bonchev–Trinajstić information content (AvgIpc) is 2.45. The topological polar surface area (TPSA) is 52.6 Å². The Hall–Kier alpha value is -1.33. The first-order valence-electron chi connectivity index (χ1n) is 6.22. The van der Waals surface area contributed by atoms with Crippen molar-refractivity contribution in [1.29, 1.82) is 0 Å². The van der Waals surface area contributed by atoms with Gasteiger partial charge in [-0.15, -0.1) is 0 Å². The van der Waals surface area contributed by atoms with Crippen LogP contribution in [0.5, 0.6) is 11.5 Å². The Labute approximate surface area is 107 Å². The van der Waals surface area contributed by atoms with Crippen molar-refractivity contribution in [3.8, 4) is 11.5 Å². The summed E-state index contributed by atoms with van der Waals surface area (Å²) < 4.78 is 16.0. The van der Waals surface area contributed by atoms with Crippen LogP contribution in [0.25, 0.3) is 0 Å². The zero-order valence-corrected chi connectivity index (χ0v) is 10.9. The number of methoxy groups -OCH3 is 2. The van der Waals surface area contributed by atoms with Crippen molar-refractivity contribution in [2.75, 3.05) is 27.4 Å². The van der Waals surface area contributed by atoms with Gasteiger partial charge in [-0.1, -0.05) is 0 Å². The van der Waals surface area contributed by atoms with Crippen LogP contribution in [0.3, 0.4) is 0 Å². The van der Waals surface area contributed by atoms with Crippen molar-refractivity contribution < 1.29 is 14.2 Å². The number of aromatic nitrogens is 1. The number of rotatable bonds is 5. The van der Waals surface area contributed by atoms with Gasteiger partial charge in [0.1, 0.15) is 0 Å². The average molecular weight is 252 g/mol. The Morgan fingerprint density at radius 2 is 2.33 bits per heavy atom. The summed E-state index contributed by atoms with van der Waals surface area (Å²) >= 11 is 0. The highest BCUT2D eigenvalue weighted by atomic mass is 16.5. The lowest BCUT2D eigenvalue weighted by Gasteiger charge is -2.23. The summed E-state index contributed by atoms with van der Waals surface area (Å²) in [7, 11) is 3.26. The Balaban J connectivity index is 1.99. The summed E-state index contributed by atoms with van der Waals surface area (Å²) in [5.41, 5.74) is 0.863. The molecular weight excluding hydrogens is 232 g/mol. The van der Waals surface area contributed by atoms with Crippen LogP contribution < -0.4 is 14.8 Å². The highest BCUT2D eigenvalue weighted by Crippen LogP contribution is 2.28. The maximum atomic E-state index is 5.43. The van der Waals surface area contributed by atoms with Gasteiger partial charge in [-0.3, -0.25) is 4.98 Å². The first kappa shape index (κ1) is 13.1. The van der Waals surface area contributed by atoms with Gasteiger partial charge >= 0.3 is 0 Å². The van der Waals surface area contributed by atoms with Gasteiger partial charge in [0.25, 0.3) is 0 Å². The number of hydrogen-bond donors (Lipinski definition) is 1. The first-order valence-corrected chi connectivity index (χ1v) is 6.22. The molecular formula is C13H20N2O3. The van der Waals surface area contributed by atoms with E-state index in [1.807, 2.05) is 0 Å². The Morgan fingerprint density at radius 3 is 3.00 bits per heavy atom. The fourth-order valence-electron chi connectivity index (χ4n) is 2.12. The fraction of sp³-hybridized carbons (Fsp3) is 0.615. The van der Waals surface area contributed by atoms with Crippen LogP contribution in [0.1, 0.15) is 18.5 Å². The molecule has 1 aromatic rings. The van der Waals surface area contributed by atoms with E-state index in [4.69, 9.17) is 14.2 Å². The molecule has 1 aliphatic rings. The highest BCUT2D eigenvalue weighted by Gasteiger charge is 2.16. The summed E-state index contributed by atoms with van der Waals surface area (Å²) in [5.74, 6) is 1.41. The molecule has 1 N–H and O–H groups in total. The number of nitrogens with zero attached hydrogens (tertiary/aromatic N) is 1. The molecule has 1 atom stereocenters. The number of nitrogens with one attached hydrogen (secondary N) is 1. The molecule has 0 bridgehead atoms. The lowest BCUT2D eigenvalue weighted by Crippen LogP contribution is -2.36. The molecule has 100 valence electrons.